The molecular weight excluding hydrogens is 844 g/mol. The van der Waals surface area contributed by atoms with Gasteiger partial charge in [-0.2, -0.15) is 6.07 Å². The Labute approximate surface area is 330 Å². The Morgan fingerprint density at radius 2 is 1.33 bits per heavy atom. The summed E-state index contributed by atoms with van der Waals surface area (Å²) in [6.07, 6.45) is 5.81. The molecule has 0 spiro atoms. The fraction of sp³-hybridized carbons (Fsp3) is 0.208. The molecule has 0 atom stereocenters. The van der Waals surface area contributed by atoms with Gasteiger partial charge in [0.15, 0.2) is 0 Å². The van der Waals surface area contributed by atoms with Crippen LogP contribution in [0.3, 0.4) is 0 Å². The number of imidazole rings is 1. The van der Waals surface area contributed by atoms with E-state index < -0.39 is 0 Å². The van der Waals surface area contributed by atoms with Crippen molar-refractivity contribution in [1.82, 2.24) is 18.9 Å². The molecule has 0 N–H and O–H groups in total. The summed E-state index contributed by atoms with van der Waals surface area (Å²) < 4.78 is 10.9. The van der Waals surface area contributed by atoms with E-state index in [2.05, 4.69) is 154 Å². The number of aromatic nitrogens is 4. The van der Waals surface area contributed by atoms with Gasteiger partial charge in [-0.1, -0.05) is 119 Å². The molecule has 0 radical (unpaired) electrons. The Morgan fingerprint density at radius 3 is 2.07 bits per heavy atom. The minimum absolute atomic E-state index is 0. The van der Waals surface area contributed by atoms with Crippen molar-refractivity contribution in [3.05, 3.63) is 144 Å². The van der Waals surface area contributed by atoms with Crippen LogP contribution in [0.2, 0.25) is 0 Å². The Bertz CT molecular complexity index is 2850. The van der Waals surface area contributed by atoms with Crippen molar-refractivity contribution >= 4 is 49.1 Å². The minimum Gasteiger partial charge on any atom is -0.503 e. The monoisotopic (exact) mass is 885 g/mol. The minimum atomic E-state index is -0.00921. The third-order valence-electron chi connectivity index (χ3n) is 10.6. The second-order valence-electron chi connectivity index (χ2n) is 15.8. The summed E-state index contributed by atoms with van der Waals surface area (Å²) in [5.41, 5.74) is 10.5. The second-order valence-corrected chi connectivity index (χ2v) is 15.8. The van der Waals surface area contributed by atoms with Crippen LogP contribution in [0.4, 0.5) is 0 Å². The third-order valence-corrected chi connectivity index (χ3v) is 10.6. The van der Waals surface area contributed by atoms with Gasteiger partial charge in [0.05, 0.1) is 5.65 Å². The van der Waals surface area contributed by atoms with Crippen LogP contribution < -0.4 is 4.74 Å². The summed E-state index contributed by atoms with van der Waals surface area (Å²) in [5.74, 6) is 2.90. The van der Waals surface area contributed by atoms with Gasteiger partial charge < -0.3 is 13.7 Å². The molecule has 4 heterocycles. The first kappa shape index (κ1) is 35.8. The average molecular weight is 886 g/mol. The van der Waals surface area contributed by atoms with Gasteiger partial charge in [0, 0.05) is 41.1 Å². The molecule has 9 aromatic rings. The van der Waals surface area contributed by atoms with Gasteiger partial charge in [0.25, 0.3) is 0 Å². The Hall–Kier alpha value is -5.25. The Morgan fingerprint density at radius 1 is 0.648 bits per heavy atom. The standard InChI is InChI=1S/C48H42N4O.Pt/c1-29(2)35-12-10-13-36(30(3)4)46(35)31-15-18-39-37-19-16-33(27-41(37)47-50-23-24-51(47)43(39)25-31)53-34-17-20-40-38-11-8-9-14-42(38)52(44(40)28-34)45-26-32(21-22-49-45)48(5,6)7;/h8-26,29-30H,1-7H3;/q-2;+2. The van der Waals surface area contributed by atoms with E-state index in [1.807, 2.05) is 30.7 Å². The SMILES string of the molecule is CC(C)c1cccc(C(C)C)c1-c1ccc2c3ccc(Oc4[c-]c5c(cc4)c4ccccc4n5-c4cc(C(C)(C)C)ccn4)[c-]c3c3nccn3c2c1.[Pt+2]. The van der Waals surface area contributed by atoms with Crippen LogP contribution in [0.25, 0.3) is 66.1 Å². The summed E-state index contributed by atoms with van der Waals surface area (Å²) >= 11 is 0. The van der Waals surface area contributed by atoms with Crippen molar-refractivity contribution in [2.45, 2.75) is 65.7 Å². The maximum atomic E-state index is 6.56. The van der Waals surface area contributed by atoms with E-state index in [1.54, 1.807) is 0 Å². The van der Waals surface area contributed by atoms with Crippen LogP contribution in [0.5, 0.6) is 11.5 Å². The quantitative estimate of drug-likeness (QED) is 0.123. The van der Waals surface area contributed by atoms with E-state index in [9.17, 15) is 0 Å². The maximum Gasteiger partial charge on any atom is 2.00 e. The van der Waals surface area contributed by atoms with Gasteiger partial charge in [-0.15, -0.1) is 29.7 Å². The van der Waals surface area contributed by atoms with Crippen LogP contribution in [0, 0.1) is 12.1 Å². The predicted octanol–water partition coefficient (Wildman–Crippen LogP) is 12.7. The van der Waals surface area contributed by atoms with E-state index in [1.165, 1.54) is 27.8 Å². The first-order valence-electron chi connectivity index (χ1n) is 18.5. The van der Waals surface area contributed by atoms with Crippen molar-refractivity contribution in [3.63, 3.8) is 0 Å². The van der Waals surface area contributed by atoms with Gasteiger partial charge in [0.2, 0.25) is 0 Å². The first-order valence-corrected chi connectivity index (χ1v) is 18.5. The fourth-order valence-corrected chi connectivity index (χ4v) is 7.91. The van der Waals surface area contributed by atoms with Crippen molar-refractivity contribution in [1.29, 1.82) is 0 Å². The normalized spacial score (nSPS) is 12.2. The molecular formula is C48H42N4OPt. The molecule has 0 bridgehead atoms. The number of nitrogens with zero attached hydrogens (tertiary/aromatic N) is 4. The summed E-state index contributed by atoms with van der Waals surface area (Å²) in [5, 5.41) is 5.39. The van der Waals surface area contributed by atoms with Gasteiger partial charge in [0.1, 0.15) is 5.82 Å². The van der Waals surface area contributed by atoms with Crippen molar-refractivity contribution in [3.8, 4) is 28.4 Å². The third kappa shape index (κ3) is 5.90. The second kappa shape index (κ2) is 13.6. The average Bonchev–Trinajstić information content (AvgIpc) is 3.78. The van der Waals surface area contributed by atoms with E-state index in [0.717, 1.165) is 54.9 Å². The smallest absolute Gasteiger partial charge is 0.503 e. The molecule has 54 heavy (non-hydrogen) atoms. The molecule has 0 aliphatic rings. The molecule has 0 aliphatic carbocycles. The summed E-state index contributed by atoms with van der Waals surface area (Å²) in [7, 11) is 0. The van der Waals surface area contributed by atoms with Crippen LogP contribution in [-0.4, -0.2) is 18.9 Å². The van der Waals surface area contributed by atoms with E-state index in [0.29, 0.717) is 23.3 Å². The molecule has 4 aromatic heterocycles. The molecule has 6 heteroatoms. The fourth-order valence-electron chi connectivity index (χ4n) is 7.91. The van der Waals surface area contributed by atoms with Crippen LogP contribution in [-0.2, 0) is 26.5 Å². The number of para-hydroxylation sites is 1. The largest absolute Gasteiger partial charge is 2.00 e. The molecule has 0 saturated heterocycles. The molecule has 0 saturated carbocycles. The summed E-state index contributed by atoms with van der Waals surface area (Å²) in [6, 6.07) is 41.8. The Kier molecular flexibility index (Phi) is 8.97. The number of benzene rings is 5. The number of ether oxygens (including phenoxy) is 1. The molecule has 9 rings (SSSR count). The van der Waals surface area contributed by atoms with E-state index >= 15 is 0 Å². The van der Waals surface area contributed by atoms with Gasteiger partial charge in [-0.05, 0) is 80.1 Å². The number of fused-ring (bicyclic) bond motifs is 9. The number of hydrogen-bond donors (Lipinski definition) is 0. The zero-order chi connectivity index (χ0) is 36.6. The van der Waals surface area contributed by atoms with E-state index in [4.69, 9.17) is 14.7 Å². The van der Waals surface area contributed by atoms with Crippen molar-refractivity contribution in [2.75, 3.05) is 0 Å². The number of hydrogen-bond acceptors (Lipinski definition) is 3. The molecule has 5 aromatic carbocycles. The first-order chi connectivity index (χ1) is 25.6. The van der Waals surface area contributed by atoms with Crippen LogP contribution in [0.1, 0.15) is 77.0 Å². The van der Waals surface area contributed by atoms with Crippen molar-refractivity contribution in [2.24, 2.45) is 0 Å². The van der Waals surface area contributed by atoms with Gasteiger partial charge in [-0.25, -0.2) is 4.98 Å². The molecule has 0 fully saturated rings. The molecule has 0 unspecified atom stereocenters. The number of pyridine rings is 2. The zero-order valence-corrected chi connectivity index (χ0v) is 33.9. The Balaban J connectivity index is 0.00000413. The van der Waals surface area contributed by atoms with Gasteiger partial charge >= 0.3 is 21.1 Å². The molecule has 0 aliphatic heterocycles. The van der Waals surface area contributed by atoms with Crippen LogP contribution >= 0.6 is 0 Å². The predicted molar refractivity (Wildman–Crippen MR) is 219 cm³/mol. The maximum absolute atomic E-state index is 6.56. The topological polar surface area (TPSA) is 44.3 Å². The van der Waals surface area contributed by atoms with E-state index in [-0.39, 0.29) is 26.5 Å². The van der Waals surface area contributed by atoms with Crippen molar-refractivity contribution < 1.29 is 25.8 Å². The van der Waals surface area contributed by atoms with Gasteiger partial charge in [-0.3, -0.25) is 4.98 Å². The van der Waals surface area contributed by atoms with Crippen LogP contribution in [0.15, 0.2) is 116 Å². The summed E-state index contributed by atoms with van der Waals surface area (Å²) in [4.78, 5) is 9.66. The molecule has 5 nitrogen and oxygen atoms in total. The number of rotatable bonds is 6. The summed E-state index contributed by atoms with van der Waals surface area (Å²) in [6.45, 7) is 15.8. The zero-order valence-electron chi connectivity index (χ0n) is 31.6. The molecule has 270 valence electrons. The molecule has 0 amide bonds.